The average molecular weight is 414 g/mol. The minimum absolute atomic E-state index is 0.116. The molecule has 1 N–H and O–H groups in total. The van der Waals surface area contributed by atoms with Gasteiger partial charge in [0.2, 0.25) is 5.91 Å². The number of phenols is 1. The standard InChI is InChI=1S/C20H19N3O3S2/c1-12(18-15-5-3-4-6-16(15)28-21-18)19(26)22(2)23-17(25)11-27-20(23)13-7-9-14(24)10-8-13/h3-10,12,20,24H,11H2,1-2H3. The third kappa shape index (κ3) is 3.22. The van der Waals surface area contributed by atoms with Gasteiger partial charge >= 0.3 is 0 Å². The Hall–Kier alpha value is -2.58. The van der Waals surface area contributed by atoms with Crippen LogP contribution in [0.4, 0.5) is 0 Å². The van der Waals surface area contributed by atoms with E-state index in [1.54, 1.807) is 31.3 Å². The van der Waals surface area contributed by atoms with Gasteiger partial charge in [0.1, 0.15) is 11.1 Å². The SMILES string of the molecule is CC(C(=O)N(C)N1C(=O)CSC1c1ccc(O)cc1)c1nsc2ccccc12. The van der Waals surface area contributed by atoms with Gasteiger partial charge < -0.3 is 5.11 Å². The molecule has 3 aromatic rings. The Morgan fingerprint density at radius 2 is 1.96 bits per heavy atom. The quantitative estimate of drug-likeness (QED) is 0.705. The van der Waals surface area contributed by atoms with Crippen molar-refractivity contribution in [3.05, 3.63) is 59.8 Å². The number of hydrazine groups is 1. The summed E-state index contributed by atoms with van der Waals surface area (Å²) in [6, 6.07) is 14.6. The van der Waals surface area contributed by atoms with E-state index in [-0.39, 0.29) is 22.9 Å². The second-order valence-electron chi connectivity index (χ2n) is 6.64. The zero-order chi connectivity index (χ0) is 19.8. The highest BCUT2D eigenvalue weighted by Crippen LogP contribution is 2.40. The maximum absolute atomic E-state index is 13.2. The van der Waals surface area contributed by atoms with Crippen molar-refractivity contribution < 1.29 is 14.7 Å². The number of likely N-dealkylation sites (N-methyl/N-ethyl adjacent to an activating group) is 1. The number of hydrogen-bond acceptors (Lipinski definition) is 6. The normalized spacial score (nSPS) is 17.9. The molecule has 0 spiro atoms. The first kappa shape index (κ1) is 18.8. The molecule has 2 amide bonds. The molecule has 2 atom stereocenters. The van der Waals surface area contributed by atoms with Crippen molar-refractivity contribution in [1.29, 1.82) is 0 Å². The Morgan fingerprint density at radius 1 is 1.25 bits per heavy atom. The molecule has 6 nitrogen and oxygen atoms in total. The molecule has 28 heavy (non-hydrogen) atoms. The van der Waals surface area contributed by atoms with Gasteiger partial charge in [-0.05, 0) is 42.2 Å². The lowest BCUT2D eigenvalue weighted by Gasteiger charge is -2.34. The molecule has 2 aromatic carbocycles. The number of aromatic hydroxyl groups is 1. The van der Waals surface area contributed by atoms with Gasteiger partial charge in [0.25, 0.3) is 5.91 Å². The first-order valence-electron chi connectivity index (χ1n) is 8.81. The topological polar surface area (TPSA) is 73.7 Å². The van der Waals surface area contributed by atoms with Crippen molar-refractivity contribution in [1.82, 2.24) is 14.4 Å². The van der Waals surface area contributed by atoms with Crippen molar-refractivity contribution in [2.75, 3.05) is 12.8 Å². The van der Waals surface area contributed by atoms with Gasteiger partial charge in [-0.25, -0.2) is 5.01 Å². The van der Waals surface area contributed by atoms with E-state index in [1.165, 1.54) is 33.3 Å². The fourth-order valence-corrected chi connectivity index (χ4v) is 5.39. The van der Waals surface area contributed by atoms with Crippen LogP contribution in [0.2, 0.25) is 0 Å². The van der Waals surface area contributed by atoms with Crippen LogP contribution in [-0.4, -0.2) is 44.1 Å². The largest absolute Gasteiger partial charge is 0.508 e. The predicted octanol–water partition coefficient (Wildman–Crippen LogP) is 3.75. The Balaban J connectivity index is 1.61. The smallest absolute Gasteiger partial charge is 0.252 e. The zero-order valence-electron chi connectivity index (χ0n) is 15.4. The van der Waals surface area contributed by atoms with Gasteiger partial charge in [-0.2, -0.15) is 4.37 Å². The highest BCUT2D eigenvalue weighted by atomic mass is 32.2. The number of hydrogen-bond donors (Lipinski definition) is 1. The second-order valence-corrected chi connectivity index (χ2v) is 8.51. The van der Waals surface area contributed by atoms with Gasteiger partial charge in [0.05, 0.1) is 22.1 Å². The van der Waals surface area contributed by atoms with E-state index in [9.17, 15) is 14.7 Å². The van der Waals surface area contributed by atoms with E-state index in [4.69, 9.17) is 0 Å². The van der Waals surface area contributed by atoms with E-state index in [0.717, 1.165) is 21.3 Å². The molecule has 2 unspecified atom stereocenters. The Morgan fingerprint density at radius 3 is 2.71 bits per heavy atom. The van der Waals surface area contributed by atoms with Gasteiger partial charge in [-0.1, -0.05) is 30.3 Å². The Labute approximate surface area is 170 Å². The van der Waals surface area contributed by atoms with E-state index >= 15 is 0 Å². The number of phenolic OH excluding ortho intramolecular Hbond substituents is 1. The molecule has 1 aliphatic rings. The molecule has 0 aliphatic carbocycles. The minimum atomic E-state index is -0.472. The molecule has 1 aliphatic heterocycles. The van der Waals surface area contributed by atoms with Crippen molar-refractivity contribution in [3.63, 3.8) is 0 Å². The van der Waals surface area contributed by atoms with Crippen LogP contribution in [0.5, 0.6) is 5.75 Å². The van der Waals surface area contributed by atoms with Crippen LogP contribution in [0.3, 0.4) is 0 Å². The molecule has 1 fully saturated rings. The van der Waals surface area contributed by atoms with Crippen LogP contribution >= 0.6 is 23.3 Å². The van der Waals surface area contributed by atoms with Crippen LogP contribution in [0, 0.1) is 0 Å². The molecular weight excluding hydrogens is 394 g/mol. The first-order chi connectivity index (χ1) is 13.5. The molecule has 0 bridgehead atoms. The van der Waals surface area contributed by atoms with Crippen LogP contribution in [-0.2, 0) is 9.59 Å². The number of thioether (sulfide) groups is 1. The van der Waals surface area contributed by atoms with E-state index in [0.29, 0.717) is 5.75 Å². The summed E-state index contributed by atoms with van der Waals surface area (Å²) in [7, 11) is 1.63. The number of benzene rings is 2. The first-order valence-corrected chi connectivity index (χ1v) is 10.6. The van der Waals surface area contributed by atoms with Crippen molar-refractivity contribution in [2.45, 2.75) is 18.2 Å². The lowest BCUT2D eigenvalue weighted by atomic mass is 10.0. The molecule has 0 radical (unpaired) electrons. The highest BCUT2D eigenvalue weighted by Gasteiger charge is 2.39. The molecule has 1 saturated heterocycles. The van der Waals surface area contributed by atoms with Crippen molar-refractivity contribution in [2.24, 2.45) is 0 Å². The molecule has 0 saturated carbocycles. The number of carbonyl (C=O) groups is 2. The third-order valence-corrected chi connectivity index (χ3v) is 6.89. The van der Waals surface area contributed by atoms with E-state index in [1.807, 2.05) is 31.2 Å². The molecule has 4 rings (SSSR count). The second kappa shape index (κ2) is 7.44. The van der Waals surface area contributed by atoms with Gasteiger partial charge in [0.15, 0.2) is 0 Å². The zero-order valence-corrected chi connectivity index (χ0v) is 17.0. The predicted molar refractivity (Wildman–Crippen MR) is 111 cm³/mol. The third-order valence-electron chi connectivity index (χ3n) is 4.85. The lowest BCUT2D eigenvalue weighted by molar-refractivity contribution is -0.160. The highest BCUT2D eigenvalue weighted by molar-refractivity contribution is 8.00. The summed E-state index contributed by atoms with van der Waals surface area (Å²) >= 11 is 2.84. The van der Waals surface area contributed by atoms with Crippen LogP contribution in [0.1, 0.15) is 29.5 Å². The number of amides is 2. The van der Waals surface area contributed by atoms with E-state index < -0.39 is 5.92 Å². The number of rotatable bonds is 4. The average Bonchev–Trinajstić information content (AvgIpc) is 3.30. The summed E-state index contributed by atoms with van der Waals surface area (Å²) < 4.78 is 5.53. The molecular formula is C20H19N3O3S2. The molecule has 2 heterocycles. The number of aromatic nitrogens is 1. The van der Waals surface area contributed by atoms with Gasteiger partial charge in [-0.15, -0.1) is 11.8 Å². The monoisotopic (exact) mass is 413 g/mol. The van der Waals surface area contributed by atoms with Crippen molar-refractivity contribution in [3.8, 4) is 5.75 Å². The minimum Gasteiger partial charge on any atom is -0.508 e. The van der Waals surface area contributed by atoms with E-state index in [2.05, 4.69) is 4.37 Å². The van der Waals surface area contributed by atoms with Crippen LogP contribution in [0.25, 0.3) is 10.1 Å². The van der Waals surface area contributed by atoms with Crippen molar-refractivity contribution >= 4 is 45.2 Å². The fourth-order valence-electron chi connectivity index (χ4n) is 3.34. The summed E-state index contributed by atoms with van der Waals surface area (Å²) in [5, 5.41) is 13.1. The fraction of sp³-hybridized carbons (Fsp3) is 0.250. The molecule has 144 valence electrons. The maximum Gasteiger partial charge on any atom is 0.252 e. The number of carbonyl (C=O) groups excluding carboxylic acids is 2. The lowest BCUT2D eigenvalue weighted by Crippen LogP contribution is -2.47. The Bertz CT molecular complexity index is 1030. The van der Waals surface area contributed by atoms with Gasteiger partial charge in [-0.3, -0.25) is 14.6 Å². The maximum atomic E-state index is 13.2. The van der Waals surface area contributed by atoms with Crippen LogP contribution in [0.15, 0.2) is 48.5 Å². The van der Waals surface area contributed by atoms with Crippen LogP contribution < -0.4 is 0 Å². The summed E-state index contributed by atoms with van der Waals surface area (Å²) in [4.78, 5) is 25.7. The summed E-state index contributed by atoms with van der Waals surface area (Å²) in [5.41, 5.74) is 1.60. The summed E-state index contributed by atoms with van der Waals surface area (Å²) in [5.74, 6) is -0.306. The molecule has 8 heteroatoms. The summed E-state index contributed by atoms with van der Waals surface area (Å²) in [6.07, 6.45) is 0. The number of nitrogens with zero attached hydrogens (tertiary/aromatic N) is 3. The molecule has 1 aromatic heterocycles. The Kier molecular flexibility index (Phi) is 4.99. The summed E-state index contributed by atoms with van der Waals surface area (Å²) in [6.45, 7) is 1.82. The van der Waals surface area contributed by atoms with Gasteiger partial charge in [0, 0.05) is 12.4 Å². The number of fused-ring (bicyclic) bond motifs is 1.